The molecule has 1 aliphatic heterocycles. The van der Waals surface area contributed by atoms with Crippen molar-refractivity contribution in [3.63, 3.8) is 0 Å². The van der Waals surface area contributed by atoms with Crippen LogP contribution in [0.15, 0.2) is 18.2 Å². The molecule has 1 N–H and O–H groups in total. The molecule has 1 heterocycles. The third kappa shape index (κ3) is 4.21. The van der Waals surface area contributed by atoms with E-state index in [0.717, 1.165) is 38.0 Å². The lowest BCUT2D eigenvalue weighted by atomic mass is 9.96. The van der Waals surface area contributed by atoms with Crippen molar-refractivity contribution in [1.29, 1.82) is 0 Å². The Morgan fingerprint density at radius 3 is 2.62 bits per heavy atom. The van der Waals surface area contributed by atoms with Gasteiger partial charge in [0.2, 0.25) is 0 Å². The van der Waals surface area contributed by atoms with Gasteiger partial charge in [-0.1, -0.05) is 17.7 Å². The highest BCUT2D eigenvalue weighted by molar-refractivity contribution is 6.31. The molecule has 0 atom stereocenters. The third-order valence-electron chi connectivity index (χ3n) is 4.22. The van der Waals surface area contributed by atoms with Crippen LogP contribution in [0.2, 0.25) is 5.02 Å². The predicted molar refractivity (Wildman–Crippen MR) is 88.0 cm³/mol. The number of carbonyl (C=O) groups is 1. The van der Waals surface area contributed by atoms with E-state index in [9.17, 15) is 4.79 Å². The Morgan fingerprint density at radius 2 is 2.05 bits per heavy atom. The monoisotopic (exact) mass is 308 g/mol. The number of benzene rings is 1. The fourth-order valence-corrected chi connectivity index (χ4v) is 2.94. The number of hydrogen-bond acceptors (Lipinski definition) is 2. The molecular formula is C17H25ClN2O. The summed E-state index contributed by atoms with van der Waals surface area (Å²) in [4.78, 5) is 14.8. The van der Waals surface area contributed by atoms with Crippen LogP contribution in [0, 0.1) is 12.8 Å². The van der Waals surface area contributed by atoms with Crippen LogP contribution < -0.4 is 5.32 Å². The summed E-state index contributed by atoms with van der Waals surface area (Å²) >= 11 is 6.16. The number of aryl methyl sites for hydroxylation is 1. The first-order valence-electron chi connectivity index (χ1n) is 7.77. The molecular weight excluding hydrogens is 284 g/mol. The minimum Gasteiger partial charge on any atom is -0.336 e. The van der Waals surface area contributed by atoms with Crippen LogP contribution in [-0.2, 0) is 0 Å². The van der Waals surface area contributed by atoms with Crippen LogP contribution in [0.5, 0.6) is 0 Å². The van der Waals surface area contributed by atoms with E-state index >= 15 is 0 Å². The number of amides is 1. The minimum absolute atomic E-state index is 0.0884. The van der Waals surface area contributed by atoms with Gasteiger partial charge in [-0.05, 0) is 70.3 Å². The number of carbonyl (C=O) groups excluding carboxylic acids is 1. The van der Waals surface area contributed by atoms with Crippen molar-refractivity contribution in [3.8, 4) is 0 Å². The summed E-state index contributed by atoms with van der Waals surface area (Å²) in [5.74, 6) is 0.684. The molecule has 4 heteroatoms. The average Bonchev–Trinajstić information content (AvgIpc) is 2.47. The van der Waals surface area contributed by atoms with Gasteiger partial charge in [0.05, 0.1) is 0 Å². The standard InChI is InChI=1S/C17H25ClN2O/c1-12(2)20(11-14-6-8-19-9-7-14)17(21)15-5-4-13(3)16(18)10-15/h4-5,10,12,14,19H,6-9,11H2,1-3H3. The van der Waals surface area contributed by atoms with Crippen LogP contribution in [-0.4, -0.2) is 36.5 Å². The molecule has 0 spiro atoms. The van der Waals surface area contributed by atoms with E-state index in [1.165, 1.54) is 0 Å². The van der Waals surface area contributed by atoms with Gasteiger partial charge in [0.15, 0.2) is 0 Å². The van der Waals surface area contributed by atoms with Crippen molar-refractivity contribution in [2.24, 2.45) is 5.92 Å². The molecule has 0 saturated carbocycles. The summed E-state index contributed by atoms with van der Waals surface area (Å²) in [7, 11) is 0. The number of nitrogens with zero attached hydrogens (tertiary/aromatic N) is 1. The SMILES string of the molecule is Cc1ccc(C(=O)N(CC2CCNCC2)C(C)C)cc1Cl. The van der Waals surface area contributed by atoms with Crippen LogP contribution >= 0.6 is 11.6 Å². The van der Waals surface area contributed by atoms with E-state index in [2.05, 4.69) is 19.2 Å². The highest BCUT2D eigenvalue weighted by atomic mass is 35.5. The Kier molecular flexibility index (Phi) is 5.65. The van der Waals surface area contributed by atoms with Crippen LogP contribution in [0.25, 0.3) is 0 Å². The molecule has 1 amide bonds. The fraction of sp³-hybridized carbons (Fsp3) is 0.588. The number of rotatable bonds is 4. The summed E-state index contributed by atoms with van der Waals surface area (Å²) in [6.07, 6.45) is 2.29. The first kappa shape index (κ1) is 16.3. The molecule has 0 aliphatic carbocycles. The average molecular weight is 309 g/mol. The zero-order chi connectivity index (χ0) is 15.4. The topological polar surface area (TPSA) is 32.3 Å². The van der Waals surface area contributed by atoms with E-state index in [4.69, 9.17) is 11.6 Å². The number of piperidine rings is 1. The summed E-state index contributed by atoms with van der Waals surface area (Å²) in [5.41, 5.74) is 1.69. The molecule has 1 fully saturated rings. The van der Waals surface area contributed by atoms with Crippen molar-refractivity contribution in [3.05, 3.63) is 34.3 Å². The first-order valence-corrected chi connectivity index (χ1v) is 8.14. The normalized spacial score (nSPS) is 16.2. The summed E-state index contributed by atoms with van der Waals surface area (Å²) in [6.45, 7) is 9.06. The largest absolute Gasteiger partial charge is 0.336 e. The van der Waals surface area contributed by atoms with Gasteiger partial charge in [-0.2, -0.15) is 0 Å². The van der Waals surface area contributed by atoms with Crippen molar-refractivity contribution in [2.45, 2.75) is 39.7 Å². The van der Waals surface area contributed by atoms with E-state index < -0.39 is 0 Å². The number of nitrogens with one attached hydrogen (secondary N) is 1. The second-order valence-electron chi connectivity index (χ2n) is 6.21. The van der Waals surface area contributed by atoms with Gasteiger partial charge in [0.25, 0.3) is 5.91 Å². The van der Waals surface area contributed by atoms with Gasteiger partial charge in [-0.25, -0.2) is 0 Å². The summed E-state index contributed by atoms with van der Waals surface area (Å²) in [6, 6.07) is 5.78. The predicted octanol–water partition coefficient (Wildman–Crippen LogP) is 3.50. The van der Waals surface area contributed by atoms with Gasteiger partial charge >= 0.3 is 0 Å². The van der Waals surface area contributed by atoms with Gasteiger partial charge in [-0.15, -0.1) is 0 Å². The zero-order valence-electron chi connectivity index (χ0n) is 13.2. The molecule has 1 aliphatic rings. The van der Waals surface area contributed by atoms with Gasteiger partial charge in [-0.3, -0.25) is 4.79 Å². The molecule has 0 radical (unpaired) electrons. The van der Waals surface area contributed by atoms with Crippen molar-refractivity contribution in [1.82, 2.24) is 10.2 Å². The minimum atomic E-state index is 0.0884. The molecule has 3 nitrogen and oxygen atoms in total. The molecule has 0 aromatic heterocycles. The molecule has 1 aromatic carbocycles. The number of halogens is 1. The van der Waals surface area contributed by atoms with Crippen molar-refractivity contribution in [2.75, 3.05) is 19.6 Å². The molecule has 1 aromatic rings. The number of hydrogen-bond donors (Lipinski definition) is 1. The second kappa shape index (κ2) is 7.28. The van der Waals surface area contributed by atoms with Crippen LogP contribution in [0.4, 0.5) is 0 Å². The Morgan fingerprint density at radius 1 is 1.38 bits per heavy atom. The molecule has 116 valence electrons. The van der Waals surface area contributed by atoms with E-state index in [-0.39, 0.29) is 11.9 Å². The highest BCUT2D eigenvalue weighted by Crippen LogP contribution is 2.21. The maximum absolute atomic E-state index is 12.8. The van der Waals surface area contributed by atoms with Crippen molar-refractivity contribution < 1.29 is 4.79 Å². The molecule has 0 unspecified atom stereocenters. The smallest absolute Gasteiger partial charge is 0.254 e. The first-order chi connectivity index (χ1) is 9.99. The van der Waals surface area contributed by atoms with Crippen molar-refractivity contribution >= 4 is 17.5 Å². The lowest BCUT2D eigenvalue weighted by Gasteiger charge is -2.33. The summed E-state index contributed by atoms with van der Waals surface area (Å²) < 4.78 is 0. The van der Waals surface area contributed by atoms with Gasteiger partial charge in [0, 0.05) is 23.2 Å². The molecule has 0 bridgehead atoms. The maximum Gasteiger partial charge on any atom is 0.254 e. The second-order valence-corrected chi connectivity index (χ2v) is 6.62. The lowest BCUT2D eigenvalue weighted by Crippen LogP contribution is -2.43. The van der Waals surface area contributed by atoms with E-state index in [1.54, 1.807) is 6.07 Å². The Bertz CT molecular complexity index is 496. The van der Waals surface area contributed by atoms with Crippen LogP contribution in [0.1, 0.15) is 42.6 Å². The highest BCUT2D eigenvalue weighted by Gasteiger charge is 2.24. The fourth-order valence-electron chi connectivity index (χ4n) is 2.76. The van der Waals surface area contributed by atoms with E-state index in [1.807, 2.05) is 24.0 Å². The quantitative estimate of drug-likeness (QED) is 0.923. The summed E-state index contributed by atoms with van der Waals surface area (Å²) in [5, 5.41) is 4.03. The molecule has 21 heavy (non-hydrogen) atoms. The Labute approximate surface area is 132 Å². The zero-order valence-corrected chi connectivity index (χ0v) is 13.9. The van der Waals surface area contributed by atoms with Gasteiger partial charge in [0.1, 0.15) is 0 Å². The third-order valence-corrected chi connectivity index (χ3v) is 4.62. The van der Waals surface area contributed by atoms with Crippen LogP contribution in [0.3, 0.4) is 0 Å². The molecule has 2 rings (SSSR count). The lowest BCUT2D eigenvalue weighted by molar-refractivity contribution is 0.0658. The Hall–Kier alpha value is -1.06. The Balaban J connectivity index is 2.12. The maximum atomic E-state index is 12.8. The van der Waals surface area contributed by atoms with Gasteiger partial charge < -0.3 is 10.2 Å². The van der Waals surface area contributed by atoms with E-state index in [0.29, 0.717) is 16.5 Å². The molecule has 1 saturated heterocycles.